The monoisotopic (exact) mass is 273 g/mol. The Morgan fingerprint density at radius 1 is 1.39 bits per heavy atom. The Bertz CT molecular complexity index is 390. The van der Waals surface area contributed by atoms with Crippen molar-refractivity contribution in [3.63, 3.8) is 0 Å². The molecule has 0 aliphatic rings. The summed E-state index contributed by atoms with van der Waals surface area (Å²) in [7, 11) is 0. The highest BCUT2D eigenvalue weighted by Crippen LogP contribution is 2.23. The van der Waals surface area contributed by atoms with Crippen molar-refractivity contribution in [2.45, 2.75) is 39.8 Å². The predicted octanol–water partition coefficient (Wildman–Crippen LogP) is 3.37. The van der Waals surface area contributed by atoms with Crippen LogP contribution in [0.3, 0.4) is 0 Å². The van der Waals surface area contributed by atoms with E-state index in [1.54, 1.807) is 12.1 Å². The maximum absolute atomic E-state index is 13.7. The maximum Gasteiger partial charge on any atom is 0.146 e. The lowest BCUT2D eigenvalue weighted by molar-refractivity contribution is 0.196. The summed E-state index contributed by atoms with van der Waals surface area (Å²) in [5.41, 5.74) is 0.562. The van der Waals surface area contributed by atoms with E-state index in [4.69, 9.17) is 16.7 Å². The molecular weight excluding hydrogens is 253 g/mol. The van der Waals surface area contributed by atoms with Crippen LogP contribution in [0.4, 0.5) is 4.39 Å². The normalized spacial score (nSPS) is 13.7. The molecule has 0 bridgehead atoms. The summed E-state index contributed by atoms with van der Waals surface area (Å²) in [6.07, 6.45) is 0.645. The van der Waals surface area contributed by atoms with E-state index in [1.807, 2.05) is 0 Å². The molecule has 0 saturated heterocycles. The van der Waals surface area contributed by atoms with E-state index in [0.717, 1.165) is 0 Å². The molecule has 0 heterocycles. The van der Waals surface area contributed by atoms with Crippen LogP contribution in [0.15, 0.2) is 18.2 Å². The molecule has 1 atom stereocenters. The van der Waals surface area contributed by atoms with Gasteiger partial charge in [-0.1, -0.05) is 44.5 Å². The second kappa shape index (κ2) is 6.50. The maximum atomic E-state index is 13.7. The SMILES string of the molecule is CC(C)(C)C(CCO)NCc1cccc(Cl)c1F. The Morgan fingerprint density at radius 2 is 2.06 bits per heavy atom. The standard InChI is InChI=1S/C14H21ClFNO/c1-14(2,3)12(7-8-18)17-9-10-5-4-6-11(15)13(10)16/h4-6,12,17-18H,7-9H2,1-3H3. The molecule has 1 rings (SSSR count). The second-order valence-corrected chi connectivity index (χ2v) is 5.93. The van der Waals surface area contributed by atoms with Crippen LogP contribution < -0.4 is 5.32 Å². The topological polar surface area (TPSA) is 32.3 Å². The van der Waals surface area contributed by atoms with Crippen LogP contribution in [0.1, 0.15) is 32.8 Å². The molecule has 1 aromatic carbocycles. The van der Waals surface area contributed by atoms with Crippen LogP contribution in [0.25, 0.3) is 0 Å². The van der Waals surface area contributed by atoms with Gasteiger partial charge in [-0.3, -0.25) is 0 Å². The van der Waals surface area contributed by atoms with Crippen LogP contribution in [0.5, 0.6) is 0 Å². The highest BCUT2D eigenvalue weighted by Gasteiger charge is 2.23. The van der Waals surface area contributed by atoms with Gasteiger partial charge in [0.25, 0.3) is 0 Å². The molecule has 2 nitrogen and oxygen atoms in total. The number of aliphatic hydroxyl groups is 1. The Balaban J connectivity index is 2.70. The first kappa shape index (κ1) is 15.4. The van der Waals surface area contributed by atoms with E-state index in [1.165, 1.54) is 6.07 Å². The number of benzene rings is 1. The van der Waals surface area contributed by atoms with Gasteiger partial charge >= 0.3 is 0 Å². The summed E-state index contributed by atoms with van der Waals surface area (Å²) in [4.78, 5) is 0. The molecule has 4 heteroatoms. The average molecular weight is 274 g/mol. The van der Waals surface area contributed by atoms with E-state index in [2.05, 4.69) is 26.1 Å². The van der Waals surface area contributed by atoms with E-state index in [0.29, 0.717) is 18.5 Å². The predicted molar refractivity (Wildman–Crippen MR) is 73.2 cm³/mol. The summed E-state index contributed by atoms with van der Waals surface area (Å²) < 4.78 is 13.7. The molecule has 0 spiro atoms. The molecule has 0 aliphatic heterocycles. The summed E-state index contributed by atoms with van der Waals surface area (Å²) in [6, 6.07) is 5.11. The highest BCUT2D eigenvalue weighted by atomic mass is 35.5. The fourth-order valence-electron chi connectivity index (χ4n) is 1.89. The second-order valence-electron chi connectivity index (χ2n) is 5.52. The molecule has 1 unspecified atom stereocenters. The number of rotatable bonds is 5. The molecule has 0 radical (unpaired) electrons. The van der Waals surface area contributed by atoms with Crippen LogP contribution >= 0.6 is 11.6 Å². The fourth-order valence-corrected chi connectivity index (χ4v) is 2.08. The first-order chi connectivity index (χ1) is 8.36. The number of hydrogen-bond donors (Lipinski definition) is 2. The van der Waals surface area contributed by atoms with E-state index < -0.39 is 0 Å². The highest BCUT2D eigenvalue weighted by molar-refractivity contribution is 6.30. The molecule has 2 N–H and O–H groups in total. The lowest BCUT2D eigenvalue weighted by Gasteiger charge is -2.31. The van der Waals surface area contributed by atoms with Crippen molar-refractivity contribution in [1.82, 2.24) is 5.32 Å². The van der Waals surface area contributed by atoms with Crippen LogP contribution in [-0.4, -0.2) is 17.8 Å². The van der Waals surface area contributed by atoms with Gasteiger partial charge in [-0.15, -0.1) is 0 Å². The number of aliphatic hydroxyl groups excluding tert-OH is 1. The van der Waals surface area contributed by atoms with Crippen molar-refractivity contribution in [2.75, 3.05) is 6.61 Å². The van der Waals surface area contributed by atoms with Crippen molar-refractivity contribution >= 4 is 11.6 Å². The lowest BCUT2D eigenvalue weighted by Crippen LogP contribution is -2.40. The summed E-state index contributed by atoms with van der Waals surface area (Å²) in [6.45, 7) is 6.80. The number of nitrogens with one attached hydrogen (secondary N) is 1. The molecule has 0 aliphatic carbocycles. The molecule has 1 aromatic rings. The minimum atomic E-state index is -0.372. The van der Waals surface area contributed by atoms with E-state index in [-0.39, 0.29) is 28.9 Å². The minimum absolute atomic E-state index is 0.0117. The van der Waals surface area contributed by atoms with Crippen molar-refractivity contribution in [3.8, 4) is 0 Å². The minimum Gasteiger partial charge on any atom is -0.396 e. The zero-order valence-corrected chi connectivity index (χ0v) is 11.9. The van der Waals surface area contributed by atoms with Gasteiger partial charge in [0.05, 0.1) is 5.02 Å². The quantitative estimate of drug-likeness (QED) is 0.862. The van der Waals surface area contributed by atoms with Gasteiger partial charge in [0, 0.05) is 24.8 Å². The average Bonchev–Trinajstić information content (AvgIpc) is 2.28. The van der Waals surface area contributed by atoms with Gasteiger partial charge in [-0.25, -0.2) is 4.39 Å². The van der Waals surface area contributed by atoms with Crippen molar-refractivity contribution < 1.29 is 9.50 Å². The van der Waals surface area contributed by atoms with Crippen molar-refractivity contribution in [3.05, 3.63) is 34.6 Å². The summed E-state index contributed by atoms with van der Waals surface area (Å²) in [5.74, 6) is -0.372. The van der Waals surface area contributed by atoms with Crippen molar-refractivity contribution in [1.29, 1.82) is 0 Å². The Morgan fingerprint density at radius 3 is 2.61 bits per heavy atom. The van der Waals surface area contributed by atoms with Gasteiger partial charge in [-0.05, 0) is 17.9 Å². The molecule has 0 fully saturated rings. The summed E-state index contributed by atoms with van der Waals surface area (Å²) in [5, 5.41) is 12.5. The third-order valence-electron chi connectivity index (χ3n) is 3.03. The van der Waals surface area contributed by atoms with Gasteiger partial charge in [0.1, 0.15) is 5.82 Å². The number of hydrogen-bond acceptors (Lipinski definition) is 2. The van der Waals surface area contributed by atoms with E-state index in [9.17, 15) is 4.39 Å². The molecule has 0 saturated carbocycles. The zero-order chi connectivity index (χ0) is 13.8. The zero-order valence-electron chi connectivity index (χ0n) is 11.1. The molecular formula is C14H21ClFNO. The smallest absolute Gasteiger partial charge is 0.146 e. The van der Waals surface area contributed by atoms with E-state index >= 15 is 0 Å². The van der Waals surface area contributed by atoms with Gasteiger partial charge < -0.3 is 10.4 Å². The molecule has 0 aromatic heterocycles. The Labute approximate surface area is 113 Å². The molecule has 0 amide bonds. The van der Waals surface area contributed by atoms with Gasteiger partial charge in [-0.2, -0.15) is 0 Å². The first-order valence-corrected chi connectivity index (χ1v) is 6.51. The summed E-state index contributed by atoms with van der Waals surface area (Å²) >= 11 is 5.74. The van der Waals surface area contributed by atoms with Gasteiger partial charge in [0.2, 0.25) is 0 Å². The first-order valence-electron chi connectivity index (χ1n) is 6.13. The molecule has 18 heavy (non-hydrogen) atoms. The Kier molecular flexibility index (Phi) is 5.57. The fraction of sp³-hybridized carbons (Fsp3) is 0.571. The largest absolute Gasteiger partial charge is 0.396 e. The number of halogens is 2. The van der Waals surface area contributed by atoms with Gasteiger partial charge in [0.15, 0.2) is 0 Å². The van der Waals surface area contributed by atoms with Crippen molar-refractivity contribution in [2.24, 2.45) is 5.41 Å². The van der Waals surface area contributed by atoms with Crippen LogP contribution in [0, 0.1) is 11.2 Å². The third-order valence-corrected chi connectivity index (χ3v) is 3.33. The molecule has 102 valence electrons. The Hall–Kier alpha value is -0.640. The van der Waals surface area contributed by atoms with Crippen LogP contribution in [-0.2, 0) is 6.54 Å². The lowest BCUT2D eigenvalue weighted by atomic mass is 9.85. The third kappa shape index (κ3) is 4.23. The van der Waals surface area contributed by atoms with Crippen LogP contribution in [0.2, 0.25) is 5.02 Å².